The molecule has 4 aromatic rings. The number of aryl methyl sites for hydroxylation is 2. The number of benzene rings is 1. The minimum Gasteiger partial charge on any atom is -0.507 e. The molecule has 2 aliphatic heterocycles. The molecular weight excluding hydrogens is 698 g/mol. The van der Waals surface area contributed by atoms with Crippen LogP contribution in [0.25, 0.3) is 0 Å². The SMILES string of the molecule is CCCC1C(C(=O)N2CCC(c3ccccc3CCc3n[nH][nH]3)CC2)CCCN1C(=O)c1cnccc1C(F)(F)F.Oc1csc(C(F)(F)F)c1. The number of carbonyl (C=O) groups is 2. The Hall–Kier alpha value is -4.34. The predicted octanol–water partition coefficient (Wildman–Crippen LogP) is 7.84. The summed E-state index contributed by atoms with van der Waals surface area (Å²) in [5.74, 6) is -0.150. The van der Waals surface area contributed by atoms with Gasteiger partial charge >= 0.3 is 12.4 Å². The fourth-order valence-corrected chi connectivity index (χ4v) is 7.64. The van der Waals surface area contributed by atoms with Gasteiger partial charge in [0, 0.05) is 55.9 Å². The zero-order valence-corrected chi connectivity index (χ0v) is 28.8. The van der Waals surface area contributed by atoms with E-state index in [1.807, 2.05) is 11.8 Å². The molecule has 16 heteroatoms. The minimum absolute atomic E-state index is 0.0106. The van der Waals surface area contributed by atoms with Crippen molar-refractivity contribution in [3.05, 3.63) is 87.1 Å². The molecule has 3 N–H and O–H groups in total. The fraction of sp³-hybridized carbons (Fsp3) is 0.486. The number of aromatic amines is 2. The number of hydrogen-bond acceptors (Lipinski definition) is 6. The summed E-state index contributed by atoms with van der Waals surface area (Å²) in [5.41, 5.74) is 1.18. The molecule has 2 aliphatic rings. The van der Waals surface area contributed by atoms with E-state index in [0.717, 1.165) is 55.3 Å². The smallest absolute Gasteiger partial charge is 0.425 e. The predicted molar refractivity (Wildman–Crippen MR) is 178 cm³/mol. The molecule has 0 radical (unpaired) electrons. The van der Waals surface area contributed by atoms with Crippen LogP contribution in [0.4, 0.5) is 26.3 Å². The van der Waals surface area contributed by atoms with Crippen molar-refractivity contribution in [2.75, 3.05) is 19.6 Å². The van der Waals surface area contributed by atoms with Gasteiger partial charge in [0.2, 0.25) is 5.91 Å². The molecule has 0 aliphatic carbocycles. The largest absolute Gasteiger partial charge is 0.507 e. The maximum Gasteiger partial charge on any atom is 0.425 e. The number of amides is 2. The third-order valence-electron chi connectivity index (χ3n) is 9.49. The lowest BCUT2D eigenvalue weighted by Crippen LogP contribution is -2.54. The van der Waals surface area contributed by atoms with Gasteiger partial charge in [0.25, 0.3) is 5.91 Å². The summed E-state index contributed by atoms with van der Waals surface area (Å²) in [4.78, 5) is 33.8. The molecule has 1 aromatic carbocycles. The van der Waals surface area contributed by atoms with Crippen molar-refractivity contribution < 1.29 is 41.0 Å². The Morgan fingerprint density at radius 2 is 1.73 bits per heavy atom. The van der Waals surface area contributed by atoms with Gasteiger partial charge in [-0.3, -0.25) is 19.7 Å². The molecule has 2 amide bonds. The topological polar surface area (TPSA) is 118 Å². The highest BCUT2D eigenvalue weighted by Crippen LogP contribution is 2.38. The first-order valence-corrected chi connectivity index (χ1v) is 17.8. The number of nitrogens with zero attached hydrogens (tertiary/aromatic N) is 4. The second-order valence-electron chi connectivity index (χ2n) is 12.8. The number of aromatic hydroxyl groups is 1. The summed E-state index contributed by atoms with van der Waals surface area (Å²) in [6.07, 6.45) is -1.05. The third kappa shape index (κ3) is 9.32. The number of H-pyrrole nitrogens is 2. The first-order valence-electron chi connectivity index (χ1n) is 16.9. The van der Waals surface area contributed by atoms with Crippen LogP contribution in [0.2, 0.25) is 0 Å². The minimum atomic E-state index is -4.67. The number of halogens is 6. The van der Waals surface area contributed by atoms with E-state index in [2.05, 4.69) is 44.7 Å². The zero-order valence-electron chi connectivity index (χ0n) is 27.9. The lowest BCUT2D eigenvalue weighted by atomic mass is 9.82. The molecule has 9 nitrogen and oxygen atoms in total. The van der Waals surface area contributed by atoms with Crippen LogP contribution >= 0.6 is 11.3 Å². The number of pyridine rings is 1. The molecule has 2 atom stereocenters. The second-order valence-corrected chi connectivity index (χ2v) is 13.7. The van der Waals surface area contributed by atoms with Gasteiger partial charge < -0.3 is 14.9 Å². The highest BCUT2D eigenvalue weighted by atomic mass is 32.1. The van der Waals surface area contributed by atoms with E-state index in [0.29, 0.717) is 68.6 Å². The van der Waals surface area contributed by atoms with Crippen LogP contribution < -0.4 is 0 Å². The summed E-state index contributed by atoms with van der Waals surface area (Å²) in [6, 6.07) is 9.56. The molecule has 0 spiro atoms. The highest BCUT2D eigenvalue weighted by Gasteiger charge is 2.43. The van der Waals surface area contributed by atoms with Crippen LogP contribution in [-0.4, -0.2) is 72.8 Å². The Kier molecular flexibility index (Phi) is 12.1. The number of aromatic nitrogens is 4. The van der Waals surface area contributed by atoms with Crippen molar-refractivity contribution in [2.45, 2.75) is 82.6 Å². The van der Waals surface area contributed by atoms with Gasteiger partial charge in [-0.15, -0.1) is 16.4 Å². The average Bonchev–Trinajstić information content (AvgIpc) is 3.54. The quantitative estimate of drug-likeness (QED) is 0.159. The van der Waals surface area contributed by atoms with Crippen LogP contribution in [0.5, 0.6) is 5.75 Å². The number of carbonyl (C=O) groups excluding carboxylic acids is 2. The Labute approximate surface area is 295 Å². The molecule has 3 aromatic heterocycles. The maximum absolute atomic E-state index is 13.9. The van der Waals surface area contributed by atoms with Gasteiger partial charge in [0.05, 0.1) is 17.0 Å². The number of alkyl halides is 6. The van der Waals surface area contributed by atoms with Gasteiger partial charge in [-0.1, -0.05) is 37.6 Å². The molecule has 276 valence electrons. The summed E-state index contributed by atoms with van der Waals surface area (Å²) >= 11 is 0.481. The maximum atomic E-state index is 13.9. The third-order valence-corrected chi connectivity index (χ3v) is 10.4. The zero-order chi connectivity index (χ0) is 36.8. The molecule has 2 unspecified atom stereocenters. The molecule has 6 rings (SSSR count). The number of thiophene rings is 1. The Balaban J connectivity index is 0.000000435. The molecule has 0 bridgehead atoms. The first kappa shape index (κ1) is 37.9. The van der Waals surface area contributed by atoms with Gasteiger partial charge in [-0.05, 0) is 61.6 Å². The van der Waals surface area contributed by atoms with Gasteiger partial charge in [0.15, 0.2) is 0 Å². The van der Waals surface area contributed by atoms with E-state index in [9.17, 15) is 35.9 Å². The van der Waals surface area contributed by atoms with Crippen molar-refractivity contribution in [1.29, 1.82) is 0 Å². The summed E-state index contributed by atoms with van der Waals surface area (Å²) < 4.78 is 76.1. The van der Waals surface area contributed by atoms with E-state index in [1.165, 1.54) is 16.0 Å². The van der Waals surface area contributed by atoms with E-state index >= 15 is 0 Å². The Morgan fingerprint density at radius 3 is 2.31 bits per heavy atom. The standard InChI is InChI=1S/C30H37F3N6O2.C5H3F3OS/c1-2-6-26-23(9-5-16-39(26)29(41)24-19-34-15-12-25(24)30(31,32)33)28(40)38-17-13-21(14-18-38)22-8-4-3-7-20(22)10-11-27-35-37-36-27;6-5(7,8)4-1-3(9)2-10-4/h3-4,7-8,12,15,19,21,23,26,37H,2,5-6,9-11,13-14,16-18H2,1H3,(H,35,36);1-2,9H. The number of rotatable bonds is 8. The van der Waals surface area contributed by atoms with Crippen molar-refractivity contribution >= 4 is 23.2 Å². The van der Waals surface area contributed by atoms with Crippen molar-refractivity contribution in [3.8, 4) is 5.75 Å². The van der Waals surface area contributed by atoms with E-state index < -0.39 is 46.2 Å². The number of hydrogen-bond donors (Lipinski definition) is 3. The van der Waals surface area contributed by atoms with Gasteiger partial charge in [-0.2, -0.15) is 26.3 Å². The van der Waals surface area contributed by atoms with Crippen LogP contribution in [0.3, 0.4) is 0 Å². The van der Waals surface area contributed by atoms with Gasteiger partial charge in [-0.25, -0.2) is 5.21 Å². The highest BCUT2D eigenvalue weighted by molar-refractivity contribution is 7.10. The summed E-state index contributed by atoms with van der Waals surface area (Å²) in [7, 11) is 0. The van der Waals surface area contributed by atoms with Crippen LogP contribution in [0.1, 0.15) is 89.1 Å². The van der Waals surface area contributed by atoms with Crippen molar-refractivity contribution in [1.82, 2.24) is 30.2 Å². The van der Waals surface area contributed by atoms with E-state index in [4.69, 9.17) is 5.11 Å². The second kappa shape index (κ2) is 16.3. The van der Waals surface area contributed by atoms with E-state index in [-0.39, 0.29) is 11.7 Å². The van der Waals surface area contributed by atoms with Crippen LogP contribution in [0, 0.1) is 5.92 Å². The number of nitrogens with one attached hydrogen (secondary N) is 2. The fourth-order valence-electron chi connectivity index (χ4n) is 7.00. The molecule has 0 saturated carbocycles. The lowest BCUT2D eigenvalue weighted by molar-refractivity contribution is -0.141. The Morgan fingerprint density at radius 1 is 1.00 bits per heavy atom. The monoisotopic (exact) mass is 738 g/mol. The molecular formula is C35H40F6N6O3S. The number of likely N-dealkylation sites (tertiary alicyclic amines) is 2. The molecule has 2 saturated heterocycles. The molecule has 5 heterocycles. The molecule has 51 heavy (non-hydrogen) atoms. The summed E-state index contributed by atoms with van der Waals surface area (Å²) in [6.45, 7) is 3.55. The Bertz CT molecular complexity index is 1730. The van der Waals surface area contributed by atoms with Crippen LogP contribution in [-0.2, 0) is 30.0 Å². The summed E-state index contributed by atoms with van der Waals surface area (Å²) in [5, 5.41) is 19.3. The van der Waals surface area contributed by atoms with Gasteiger partial charge in [0.1, 0.15) is 16.5 Å². The molecule has 2 fully saturated rings. The lowest BCUT2D eigenvalue weighted by Gasteiger charge is -2.43. The number of piperidine rings is 2. The normalized spacial score (nSPS) is 18.7. The van der Waals surface area contributed by atoms with Crippen molar-refractivity contribution in [2.24, 2.45) is 5.92 Å². The van der Waals surface area contributed by atoms with Crippen molar-refractivity contribution in [3.63, 3.8) is 0 Å². The average molecular weight is 739 g/mol. The van der Waals surface area contributed by atoms with E-state index in [1.54, 1.807) is 0 Å². The first-order chi connectivity index (χ1) is 24.3. The van der Waals surface area contributed by atoms with Crippen LogP contribution in [0.15, 0.2) is 54.2 Å².